The molecular formula is C22H27FO3. The maximum atomic E-state index is 16.8. The number of hydrogen-bond acceptors (Lipinski definition) is 3. The summed E-state index contributed by atoms with van der Waals surface area (Å²) in [5.74, 6) is 0.106. The van der Waals surface area contributed by atoms with Gasteiger partial charge in [0.25, 0.3) is 0 Å². The summed E-state index contributed by atoms with van der Waals surface area (Å²) in [5, 5.41) is 11.2. The van der Waals surface area contributed by atoms with Gasteiger partial charge in [-0.05, 0) is 68.9 Å². The lowest BCUT2D eigenvalue weighted by Crippen LogP contribution is -2.68. The first-order valence-corrected chi connectivity index (χ1v) is 10.0. The minimum atomic E-state index is -1.77. The molecule has 0 aromatic heterocycles. The molecule has 1 N–H and O–H groups in total. The van der Waals surface area contributed by atoms with Crippen molar-refractivity contribution < 1.29 is 19.1 Å². The topological polar surface area (TPSA) is 54.4 Å². The summed E-state index contributed by atoms with van der Waals surface area (Å²) in [7, 11) is 0. The number of carbonyl (C=O) groups is 2. The molecule has 5 aliphatic rings. The molecule has 5 aliphatic carbocycles. The number of halogens is 1. The number of rotatable bonds is 0. The molecule has 26 heavy (non-hydrogen) atoms. The molecule has 0 aromatic carbocycles. The molecule has 5 rings (SSSR count). The van der Waals surface area contributed by atoms with Crippen LogP contribution in [0.5, 0.6) is 0 Å². The van der Waals surface area contributed by atoms with Gasteiger partial charge in [-0.25, -0.2) is 4.39 Å². The van der Waals surface area contributed by atoms with Crippen molar-refractivity contribution in [2.45, 2.75) is 70.6 Å². The van der Waals surface area contributed by atoms with E-state index < -0.39 is 17.2 Å². The number of aliphatic hydroxyl groups excluding tert-OH is 1. The Morgan fingerprint density at radius 1 is 1.12 bits per heavy atom. The van der Waals surface area contributed by atoms with Crippen LogP contribution in [-0.4, -0.2) is 28.4 Å². The zero-order valence-corrected chi connectivity index (χ0v) is 15.6. The fraction of sp³-hybridized carbons (Fsp3) is 0.727. The molecular weight excluding hydrogens is 331 g/mol. The quantitative estimate of drug-likeness (QED) is 0.718. The zero-order valence-electron chi connectivity index (χ0n) is 15.6. The Morgan fingerprint density at radius 2 is 1.88 bits per heavy atom. The highest BCUT2D eigenvalue weighted by Gasteiger charge is 2.75. The smallest absolute Gasteiger partial charge is 0.178 e. The number of carbonyl (C=O) groups excluding carboxylic acids is 2. The minimum Gasteiger partial charge on any atom is -0.390 e. The third kappa shape index (κ3) is 1.56. The Balaban J connectivity index is 1.62. The molecule has 0 aromatic rings. The normalized spacial score (nSPS) is 55.1. The van der Waals surface area contributed by atoms with Crippen LogP contribution in [0.4, 0.5) is 4.39 Å². The van der Waals surface area contributed by atoms with E-state index in [-0.39, 0.29) is 28.4 Å². The van der Waals surface area contributed by atoms with Crippen LogP contribution in [0.1, 0.15) is 58.8 Å². The highest BCUT2D eigenvalue weighted by Crippen LogP contribution is 2.74. The molecule has 0 radical (unpaired) electrons. The Kier molecular flexibility index (Phi) is 3.08. The van der Waals surface area contributed by atoms with Crippen molar-refractivity contribution in [2.75, 3.05) is 0 Å². The van der Waals surface area contributed by atoms with Crippen molar-refractivity contribution in [1.29, 1.82) is 0 Å². The molecule has 0 bridgehead atoms. The second-order valence-corrected chi connectivity index (χ2v) is 9.81. The van der Waals surface area contributed by atoms with Crippen LogP contribution >= 0.6 is 0 Å². The van der Waals surface area contributed by atoms with E-state index in [0.717, 1.165) is 24.8 Å². The van der Waals surface area contributed by atoms with E-state index in [1.807, 2.05) is 6.92 Å². The first kappa shape index (κ1) is 16.9. The second kappa shape index (κ2) is 4.76. The molecule has 4 fully saturated rings. The van der Waals surface area contributed by atoms with E-state index in [9.17, 15) is 14.7 Å². The molecule has 1 spiro atoms. The summed E-state index contributed by atoms with van der Waals surface area (Å²) in [6.07, 6.45) is 8.58. The highest BCUT2D eigenvalue weighted by molar-refractivity contribution is 6.01. The molecule has 7 atom stereocenters. The molecule has 4 saturated carbocycles. The third-order valence-electron chi connectivity index (χ3n) is 9.32. The average molecular weight is 358 g/mol. The summed E-state index contributed by atoms with van der Waals surface area (Å²) >= 11 is 0. The van der Waals surface area contributed by atoms with Gasteiger partial charge < -0.3 is 5.11 Å². The van der Waals surface area contributed by atoms with E-state index in [1.165, 1.54) is 6.08 Å². The maximum absolute atomic E-state index is 16.8. The predicted octanol–water partition coefficient (Wildman–Crippen LogP) is 3.71. The van der Waals surface area contributed by atoms with Gasteiger partial charge in [-0.2, -0.15) is 0 Å². The number of aliphatic hydroxyl groups is 1. The lowest BCUT2D eigenvalue weighted by atomic mass is 9.41. The van der Waals surface area contributed by atoms with Crippen LogP contribution in [0, 0.1) is 28.1 Å². The van der Waals surface area contributed by atoms with Gasteiger partial charge in [0.15, 0.2) is 11.5 Å². The van der Waals surface area contributed by atoms with Crippen LogP contribution in [0.2, 0.25) is 0 Å². The number of hydrogen-bond donors (Lipinski definition) is 1. The number of allylic oxidation sites excluding steroid dienone is 4. The molecule has 3 nitrogen and oxygen atoms in total. The number of ketones is 2. The van der Waals surface area contributed by atoms with E-state index in [0.29, 0.717) is 31.5 Å². The molecule has 140 valence electrons. The zero-order chi connectivity index (χ0) is 18.5. The summed E-state index contributed by atoms with van der Waals surface area (Å²) in [6, 6.07) is 0. The summed E-state index contributed by atoms with van der Waals surface area (Å²) in [6.45, 7) is 3.98. The minimum absolute atomic E-state index is 0.0884. The molecule has 0 unspecified atom stereocenters. The fourth-order valence-electron chi connectivity index (χ4n) is 7.72. The van der Waals surface area contributed by atoms with E-state index in [4.69, 9.17) is 0 Å². The Bertz CT molecular complexity index is 784. The van der Waals surface area contributed by atoms with E-state index >= 15 is 4.39 Å². The maximum Gasteiger partial charge on any atom is 0.178 e. The van der Waals surface area contributed by atoms with Crippen molar-refractivity contribution in [3.05, 3.63) is 23.8 Å². The molecule has 4 heteroatoms. The van der Waals surface area contributed by atoms with Crippen molar-refractivity contribution in [1.82, 2.24) is 0 Å². The van der Waals surface area contributed by atoms with Crippen LogP contribution in [-0.2, 0) is 9.59 Å². The van der Waals surface area contributed by atoms with Crippen LogP contribution in [0.15, 0.2) is 23.8 Å². The van der Waals surface area contributed by atoms with E-state index in [2.05, 4.69) is 6.92 Å². The second-order valence-electron chi connectivity index (χ2n) is 9.81. The lowest BCUT2D eigenvalue weighted by molar-refractivity contribution is -0.211. The fourth-order valence-corrected chi connectivity index (χ4v) is 7.72. The lowest BCUT2D eigenvalue weighted by Gasteiger charge is -2.64. The molecule has 0 amide bonds. The van der Waals surface area contributed by atoms with Crippen molar-refractivity contribution in [3.8, 4) is 0 Å². The monoisotopic (exact) mass is 358 g/mol. The van der Waals surface area contributed by atoms with Gasteiger partial charge in [0.1, 0.15) is 5.78 Å². The van der Waals surface area contributed by atoms with Crippen molar-refractivity contribution in [2.24, 2.45) is 28.1 Å². The van der Waals surface area contributed by atoms with E-state index in [1.54, 1.807) is 12.2 Å². The van der Waals surface area contributed by atoms with Gasteiger partial charge >= 0.3 is 0 Å². The van der Waals surface area contributed by atoms with Gasteiger partial charge in [-0.1, -0.05) is 18.6 Å². The van der Waals surface area contributed by atoms with Gasteiger partial charge in [-0.15, -0.1) is 0 Å². The van der Waals surface area contributed by atoms with Crippen LogP contribution in [0.25, 0.3) is 0 Å². The Morgan fingerprint density at radius 3 is 2.54 bits per heavy atom. The summed E-state index contributed by atoms with van der Waals surface area (Å²) < 4.78 is 16.8. The molecule has 0 aliphatic heterocycles. The highest BCUT2D eigenvalue weighted by atomic mass is 19.1. The Labute approximate surface area is 153 Å². The number of alkyl halides is 1. The standard InChI is InChI=1S/C22H27FO3/c1-19-8-5-14(24)11-13(19)3-4-16-15-6-9-21(10-7-17(21)25)20(15,2)12-18(26)22(16,19)23/h5,8,11,15-16,18,26H,3-4,6-7,9-10,12H2,1-2H3/t15-,16-,18-,19-,20-,21-,22-/m0/s1. The van der Waals surface area contributed by atoms with Crippen LogP contribution in [0.3, 0.4) is 0 Å². The van der Waals surface area contributed by atoms with Crippen molar-refractivity contribution >= 4 is 11.6 Å². The van der Waals surface area contributed by atoms with Crippen LogP contribution < -0.4 is 0 Å². The first-order chi connectivity index (χ1) is 12.2. The van der Waals surface area contributed by atoms with Gasteiger partial charge in [0.2, 0.25) is 0 Å². The summed E-state index contributed by atoms with van der Waals surface area (Å²) in [5.41, 5.74) is -2.50. The first-order valence-electron chi connectivity index (χ1n) is 10.0. The molecule has 0 heterocycles. The number of fused-ring (bicyclic) bond motifs is 6. The SMILES string of the molecule is C[C@]12C=CC(=O)C=C1CC[C@H]1[C@@H]3CC[C@@]4(CCC4=O)[C@@]3(C)C[C@H](O)[C@@]12F. The van der Waals surface area contributed by atoms with Gasteiger partial charge in [-0.3, -0.25) is 9.59 Å². The average Bonchev–Trinajstić information content (AvgIpc) is 2.90. The summed E-state index contributed by atoms with van der Waals surface area (Å²) in [4.78, 5) is 24.4. The molecule has 0 saturated heterocycles. The van der Waals surface area contributed by atoms with Gasteiger partial charge in [0, 0.05) is 23.2 Å². The third-order valence-corrected chi connectivity index (χ3v) is 9.32. The Hall–Kier alpha value is -1.29. The predicted molar refractivity (Wildman–Crippen MR) is 95.0 cm³/mol. The number of Topliss-reactive ketones (excluding diaryl/α,β-unsaturated/α-hetero) is 1. The van der Waals surface area contributed by atoms with Crippen molar-refractivity contribution in [3.63, 3.8) is 0 Å². The van der Waals surface area contributed by atoms with Gasteiger partial charge in [0.05, 0.1) is 6.10 Å². The largest absolute Gasteiger partial charge is 0.390 e.